The number of aliphatic hydroxyl groups excluding tert-OH is 1. The number of hydrogen-bond donors (Lipinski definition) is 3. The Hall–Kier alpha value is -2.36. The van der Waals surface area contributed by atoms with Crippen LogP contribution in [0.15, 0.2) is 24.3 Å². The van der Waals surface area contributed by atoms with Gasteiger partial charge < -0.3 is 34.9 Å². The number of carbonyl (C=O) groups excluding carboxylic acids is 2. The number of nitrogens with zero attached hydrogens (tertiary/aromatic N) is 1. The van der Waals surface area contributed by atoms with Crippen LogP contribution < -0.4 is 15.4 Å². The second-order valence-corrected chi connectivity index (χ2v) is 7.60. The van der Waals surface area contributed by atoms with Crippen LogP contribution in [-0.2, 0) is 14.3 Å². The number of carbonyl (C=O) groups is 2. The summed E-state index contributed by atoms with van der Waals surface area (Å²) in [5.74, 6) is 0.594. The second kappa shape index (κ2) is 10.6. The van der Waals surface area contributed by atoms with Gasteiger partial charge in [0, 0.05) is 18.3 Å². The van der Waals surface area contributed by atoms with Crippen LogP contribution in [0.2, 0.25) is 0 Å². The Bertz CT molecular complexity index is 730. The molecule has 166 valence electrons. The molecule has 4 atom stereocenters. The number of ether oxygens (including phenoxy) is 3. The van der Waals surface area contributed by atoms with Crippen molar-refractivity contribution in [3.8, 4) is 5.75 Å². The third-order valence-corrected chi connectivity index (χ3v) is 5.35. The van der Waals surface area contributed by atoms with Crippen molar-refractivity contribution >= 4 is 17.6 Å². The average molecular weight is 421 g/mol. The van der Waals surface area contributed by atoms with E-state index in [1.165, 1.54) is 0 Å². The van der Waals surface area contributed by atoms with Gasteiger partial charge in [0.25, 0.3) is 0 Å². The Balaban J connectivity index is 1.70. The van der Waals surface area contributed by atoms with Crippen molar-refractivity contribution in [2.24, 2.45) is 0 Å². The topological polar surface area (TPSA) is 109 Å². The van der Waals surface area contributed by atoms with Crippen LogP contribution in [0.25, 0.3) is 0 Å². The minimum atomic E-state index is -0.782. The monoisotopic (exact) mass is 421 g/mol. The zero-order valence-corrected chi connectivity index (χ0v) is 17.5. The molecule has 0 spiro atoms. The Morgan fingerprint density at radius 3 is 2.90 bits per heavy atom. The van der Waals surface area contributed by atoms with E-state index in [0.717, 1.165) is 0 Å². The predicted octanol–water partition coefficient (Wildman–Crippen LogP) is 1.36. The van der Waals surface area contributed by atoms with Crippen LogP contribution >= 0.6 is 0 Å². The molecule has 3 rings (SSSR count). The summed E-state index contributed by atoms with van der Waals surface area (Å²) in [7, 11) is 1.57. The maximum atomic E-state index is 13.1. The van der Waals surface area contributed by atoms with Crippen LogP contribution in [0, 0.1) is 0 Å². The van der Waals surface area contributed by atoms with Gasteiger partial charge in [0.1, 0.15) is 11.9 Å². The van der Waals surface area contributed by atoms with E-state index in [4.69, 9.17) is 14.2 Å². The second-order valence-electron chi connectivity index (χ2n) is 7.60. The molecule has 0 bridgehead atoms. The molecule has 3 N–H and O–H groups in total. The molecule has 2 aliphatic heterocycles. The Morgan fingerprint density at radius 1 is 1.30 bits per heavy atom. The molecule has 9 heteroatoms. The number of nitrogens with one attached hydrogen (secondary N) is 2. The molecule has 2 aliphatic rings. The summed E-state index contributed by atoms with van der Waals surface area (Å²) in [6.07, 6.45) is 0.245. The van der Waals surface area contributed by atoms with E-state index in [-0.39, 0.29) is 56.4 Å². The molecule has 3 amide bonds. The smallest absolute Gasteiger partial charge is 0.322 e. The maximum absolute atomic E-state index is 13.1. The zero-order valence-electron chi connectivity index (χ0n) is 17.5. The lowest BCUT2D eigenvalue weighted by Gasteiger charge is -2.44. The van der Waals surface area contributed by atoms with Gasteiger partial charge in [-0.1, -0.05) is 6.07 Å². The fraction of sp³-hybridized carbons (Fsp3) is 0.619. The molecule has 0 aromatic heterocycles. The lowest BCUT2D eigenvalue weighted by atomic mass is 9.95. The van der Waals surface area contributed by atoms with Gasteiger partial charge in [0.2, 0.25) is 5.91 Å². The van der Waals surface area contributed by atoms with Gasteiger partial charge in [0.15, 0.2) is 0 Å². The lowest BCUT2D eigenvalue weighted by Crippen LogP contribution is -2.58. The summed E-state index contributed by atoms with van der Waals surface area (Å²) in [6.45, 7) is 2.98. The molecule has 0 saturated carbocycles. The predicted molar refractivity (Wildman–Crippen MR) is 111 cm³/mol. The number of rotatable bonds is 5. The fourth-order valence-corrected chi connectivity index (χ4v) is 3.95. The van der Waals surface area contributed by atoms with E-state index in [1.807, 2.05) is 6.92 Å². The Labute approximate surface area is 176 Å². The van der Waals surface area contributed by atoms with Gasteiger partial charge in [-0.15, -0.1) is 0 Å². The third kappa shape index (κ3) is 5.84. The number of fused-ring (bicyclic) bond motifs is 1. The Kier molecular flexibility index (Phi) is 7.89. The minimum Gasteiger partial charge on any atom is -0.497 e. The molecule has 2 saturated heterocycles. The Morgan fingerprint density at radius 2 is 2.13 bits per heavy atom. The van der Waals surface area contributed by atoms with E-state index in [0.29, 0.717) is 30.8 Å². The van der Waals surface area contributed by atoms with E-state index in [9.17, 15) is 14.7 Å². The van der Waals surface area contributed by atoms with Crippen molar-refractivity contribution in [3.63, 3.8) is 0 Å². The fourth-order valence-electron chi connectivity index (χ4n) is 3.95. The highest BCUT2D eigenvalue weighted by atomic mass is 16.5. The summed E-state index contributed by atoms with van der Waals surface area (Å²) < 4.78 is 16.9. The van der Waals surface area contributed by atoms with Crippen molar-refractivity contribution in [2.45, 2.75) is 50.5 Å². The molecule has 9 nitrogen and oxygen atoms in total. The quantitative estimate of drug-likeness (QED) is 0.662. The number of benzene rings is 1. The number of urea groups is 1. The number of hydrogen-bond acceptors (Lipinski definition) is 6. The summed E-state index contributed by atoms with van der Waals surface area (Å²) in [5, 5.41) is 15.9. The summed E-state index contributed by atoms with van der Waals surface area (Å²) >= 11 is 0. The summed E-state index contributed by atoms with van der Waals surface area (Å²) in [5.41, 5.74) is 0.606. The van der Waals surface area contributed by atoms with Crippen LogP contribution in [0.1, 0.15) is 26.2 Å². The molecule has 1 aromatic rings. The van der Waals surface area contributed by atoms with Gasteiger partial charge in [-0.25, -0.2) is 4.79 Å². The first kappa shape index (κ1) is 22.3. The maximum Gasteiger partial charge on any atom is 0.322 e. The summed E-state index contributed by atoms with van der Waals surface area (Å²) in [4.78, 5) is 26.6. The van der Waals surface area contributed by atoms with Gasteiger partial charge in [-0.05, 0) is 31.9 Å². The normalized spacial score (nSPS) is 26.7. The van der Waals surface area contributed by atoms with Gasteiger partial charge in [-0.3, -0.25) is 4.79 Å². The molecular weight excluding hydrogens is 390 g/mol. The van der Waals surface area contributed by atoms with Gasteiger partial charge in [0.05, 0.1) is 51.5 Å². The van der Waals surface area contributed by atoms with Crippen LogP contribution in [0.3, 0.4) is 0 Å². The van der Waals surface area contributed by atoms with Gasteiger partial charge >= 0.3 is 6.03 Å². The van der Waals surface area contributed by atoms with E-state index >= 15 is 0 Å². The first-order valence-electron chi connectivity index (χ1n) is 10.4. The van der Waals surface area contributed by atoms with Crippen LogP contribution in [0.4, 0.5) is 10.5 Å². The molecule has 2 heterocycles. The van der Waals surface area contributed by atoms with Crippen LogP contribution in [-0.4, -0.2) is 79.7 Å². The number of anilines is 1. The average Bonchev–Trinajstić information content (AvgIpc) is 2.71. The minimum absolute atomic E-state index is 0.0456. The van der Waals surface area contributed by atoms with Crippen molar-refractivity contribution < 1.29 is 28.9 Å². The van der Waals surface area contributed by atoms with Crippen molar-refractivity contribution in [1.29, 1.82) is 0 Å². The standard InChI is InChI=1S/C21H31N3O6/c1-3-22-20(26)10-17-7-8-18-19(30-17)13-29-12-15(25)11-24(18)21(27)23-14-5-4-6-16(9-14)28-2/h4-6,9,15,17-19,25H,3,7-8,10-13H2,1-2H3,(H,22,26)(H,23,27)/t15-,17-,18+,19-/m1/s1. The molecule has 1 aromatic carbocycles. The molecule has 30 heavy (non-hydrogen) atoms. The highest BCUT2D eigenvalue weighted by Gasteiger charge is 2.40. The molecule has 0 aliphatic carbocycles. The van der Waals surface area contributed by atoms with Gasteiger partial charge in [-0.2, -0.15) is 0 Å². The molecule has 0 radical (unpaired) electrons. The molecular formula is C21H31N3O6. The molecule has 2 fully saturated rings. The van der Waals surface area contributed by atoms with E-state index in [1.54, 1.807) is 36.3 Å². The molecule has 0 unspecified atom stereocenters. The van der Waals surface area contributed by atoms with Crippen molar-refractivity contribution in [1.82, 2.24) is 10.2 Å². The first-order chi connectivity index (χ1) is 14.5. The van der Waals surface area contributed by atoms with E-state index in [2.05, 4.69) is 10.6 Å². The SMILES string of the molecule is CCNC(=O)C[C@H]1CC[C@H]2[C@@H](COC[C@H](O)CN2C(=O)Nc2cccc(OC)c2)O1. The highest BCUT2D eigenvalue weighted by Crippen LogP contribution is 2.28. The largest absolute Gasteiger partial charge is 0.497 e. The summed E-state index contributed by atoms with van der Waals surface area (Å²) in [6, 6.07) is 6.54. The lowest BCUT2D eigenvalue weighted by molar-refractivity contribution is -0.149. The zero-order chi connectivity index (χ0) is 21.5. The van der Waals surface area contributed by atoms with Crippen LogP contribution in [0.5, 0.6) is 5.75 Å². The van der Waals surface area contributed by atoms with Crippen molar-refractivity contribution in [3.05, 3.63) is 24.3 Å². The number of amides is 3. The highest BCUT2D eigenvalue weighted by molar-refractivity contribution is 5.89. The van der Waals surface area contributed by atoms with E-state index < -0.39 is 6.10 Å². The first-order valence-corrected chi connectivity index (χ1v) is 10.4. The number of methoxy groups -OCH3 is 1. The number of aliphatic hydroxyl groups is 1. The third-order valence-electron chi connectivity index (χ3n) is 5.35. The number of β-amino-alcohol motifs (C(OH)–C–C–N with tert-alkyl or cyclic N) is 1. The van der Waals surface area contributed by atoms with Crippen molar-refractivity contribution in [2.75, 3.05) is 38.7 Å².